The number of rotatable bonds is 2. The summed E-state index contributed by atoms with van der Waals surface area (Å²) in [4.78, 5) is 7.06. The second kappa shape index (κ2) is 6.00. The van der Waals surface area contributed by atoms with E-state index in [9.17, 15) is 0 Å². The molecule has 3 rings (SSSR count). The number of nitrogens with zero attached hydrogens (tertiary/aromatic N) is 2. The molecule has 1 aromatic rings. The molecule has 0 amide bonds. The van der Waals surface area contributed by atoms with E-state index in [1.54, 1.807) is 0 Å². The molecule has 4 heteroatoms. The number of pyridine rings is 1. The van der Waals surface area contributed by atoms with Crippen molar-refractivity contribution < 1.29 is 0 Å². The molecule has 2 fully saturated rings. The highest BCUT2D eigenvalue weighted by molar-refractivity contribution is 5.85. The van der Waals surface area contributed by atoms with E-state index in [0.717, 1.165) is 18.5 Å². The maximum absolute atomic E-state index is 4.50. The van der Waals surface area contributed by atoms with Gasteiger partial charge in [0, 0.05) is 31.9 Å². The van der Waals surface area contributed by atoms with Gasteiger partial charge in [-0.1, -0.05) is 6.07 Å². The molecule has 0 spiro atoms. The third-order valence-electron chi connectivity index (χ3n) is 4.10. The molecule has 2 aliphatic heterocycles. The minimum absolute atomic E-state index is 0. The predicted molar refractivity (Wildman–Crippen MR) is 76.0 cm³/mol. The third-order valence-corrected chi connectivity index (χ3v) is 4.10. The van der Waals surface area contributed by atoms with Crippen LogP contribution in [0.5, 0.6) is 0 Å². The average Bonchev–Trinajstić information content (AvgIpc) is 2.79. The molecule has 2 atom stereocenters. The van der Waals surface area contributed by atoms with Crippen LogP contribution < -0.4 is 5.32 Å². The van der Waals surface area contributed by atoms with Crippen molar-refractivity contribution >= 4 is 12.4 Å². The lowest BCUT2D eigenvalue weighted by Gasteiger charge is -2.34. The summed E-state index contributed by atoms with van der Waals surface area (Å²) in [6.45, 7) is 6.78. The number of aryl methyl sites for hydroxylation is 1. The zero-order chi connectivity index (χ0) is 11.7. The van der Waals surface area contributed by atoms with Crippen LogP contribution in [0.1, 0.15) is 24.1 Å². The number of hydrogen-bond donors (Lipinski definition) is 1. The van der Waals surface area contributed by atoms with Crippen molar-refractivity contribution in [3.05, 3.63) is 29.6 Å². The molecular weight excluding hydrogens is 246 g/mol. The molecule has 3 heterocycles. The first-order valence-electron chi connectivity index (χ1n) is 6.68. The van der Waals surface area contributed by atoms with E-state index >= 15 is 0 Å². The summed E-state index contributed by atoms with van der Waals surface area (Å²) in [7, 11) is 0. The Morgan fingerprint density at radius 1 is 1.39 bits per heavy atom. The van der Waals surface area contributed by atoms with Crippen molar-refractivity contribution in [1.29, 1.82) is 0 Å². The number of piperidine rings is 1. The summed E-state index contributed by atoms with van der Waals surface area (Å²) in [6, 6.07) is 5.11. The van der Waals surface area contributed by atoms with Crippen molar-refractivity contribution in [1.82, 2.24) is 15.2 Å². The molecule has 2 unspecified atom stereocenters. The number of halogens is 1. The lowest BCUT2D eigenvalue weighted by atomic mass is 9.93. The fourth-order valence-electron chi connectivity index (χ4n) is 3.09. The maximum atomic E-state index is 4.50. The number of aromatic nitrogens is 1. The van der Waals surface area contributed by atoms with Gasteiger partial charge >= 0.3 is 0 Å². The van der Waals surface area contributed by atoms with Gasteiger partial charge in [0.05, 0.1) is 5.69 Å². The van der Waals surface area contributed by atoms with E-state index in [1.165, 1.54) is 43.7 Å². The van der Waals surface area contributed by atoms with Crippen LogP contribution >= 0.6 is 12.4 Å². The van der Waals surface area contributed by atoms with Gasteiger partial charge in [-0.15, -0.1) is 12.4 Å². The Bertz CT molecular complexity index is 379. The van der Waals surface area contributed by atoms with Crippen LogP contribution in [-0.2, 0) is 6.54 Å². The van der Waals surface area contributed by atoms with Crippen molar-refractivity contribution in [2.24, 2.45) is 5.92 Å². The highest BCUT2D eigenvalue weighted by Crippen LogP contribution is 2.25. The fraction of sp³-hybridized carbons (Fsp3) is 0.643. The summed E-state index contributed by atoms with van der Waals surface area (Å²) in [6.07, 6.45) is 4.62. The van der Waals surface area contributed by atoms with Crippen LogP contribution in [-0.4, -0.2) is 35.6 Å². The molecule has 1 N–H and O–H groups in total. The first-order chi connectivity index (χ1) is 8.31. The molecule has 0 radical (unpaired) electrons. The summed E-state index contributed by atoms with van der Waals surface area (Å²) in [5.74, 6) is 0.870. The van der Waals surface area contributed by atoms with Gasteiger partial charge in [-0.05, 0) is 43.9 Å². The highest BCUT2D eigenvalue weighted by atomic mass is 35.5. The molecule has 0 bridgehead atoms. The monoisotopic (exact) mass is 267 g/mol. The van der Waals surface area contributed by atoms with Crippen LogP contribution in [0.4, 0.5) is 0 Å². The van der Waals surface area contributed by atoms with E-state index in [1.807, 2.05) is 6.20 Å². The zero-order valence-electron chi connectivity index (χ0n) is 10.9. The Hall–Kier alpha value is -0.640. The fourth-order valence-corrected chi connectivity index (χ4v) is 3.09. The first-order valence-corrected chi connectivity index (χ1v) is 6.68. The molecule has 3 nitrogen and oxygen atoms in total. The molecule has 2 aliphatic rings. The molecule has 0 aliphatic carbocycles. The van der Waals surface area contributed by atoms with E-state index < -0.39 is 0 Å². The molecule has 0 aromatic carbocycles. The molecule has 0 saturated carbocycles. The van der Waals surface area contributed by atoms with Crippen molar-refractivity contribution in [3.8, 4) is 0 Å². The Morgan fingerprint density at radius 3 is 3.06 bits per heavy atom. The van der Waals surface area contributed by atoms with Gasteiger partial charge in [-0.2, -0.15) is 0 Å². The van der Waals surface area contributed by atoms with Crippen molar-refractivity contribution in [2.75, 3.05) is 19.6 Å². The van der Waals surface area contributed by atoms with Gasteiger partial charge in [0.15, 0.2) is 0 Å². The maximum Gasteiger partial charge on any atom is 0.0544 e. The number of hydrogen-bond acceptors (Lipinski definition) is 3. The number of nitrogens with one attached hydrogen (secondary N) is 1. The standard InChI is InChI=1S/C14H21N3.ClH/c1-11-2-3-13(16-8-11)10-17-7-5-14-12(9-17)4-6-15-14;/h2-3,8,12,14-15H,4-7,9-10H2,1H3;1H. The second-order valence-electron chi connectivity index (χ2n) is 5.46. The normalized spacial score (nSPS) is 27.6. The Labute approximate surface area is 115 Å². The quantitative estimate of drug-likeness (QED) is 0.888. The first kappa shape index (κ1) is 13.8. The second-order valence-corrected chi connectivity index (χ2v) is 5.46. The van der Waals surface area contributed by atoms with Crippen molar-refractivity contribution in [3.63, 3.8) is 0 Å². The third kappa shape index (κ3) is 3.02. The van der Waals surface area contributed by atoms with Gasteiger partial charge in [0.1, 0.15) is 0 Å². The van der Waals surface area contributed by atoms with Crippen LogP contribution in [0.15, 0.2) is 18.3 Å². The summed E-state index contributed by atoms with van der Waals surface area (Å²) >= 11 is 0. The molecule has 2 saturated heterocycles. The van der Waals surface area contributed by atoms with Gasteiger partial charge in [-0.25, -0.2) is 0 Å². The summed E-state index contributed by atoms with van der Waals surface area (Å²) in [5.41, 5.74) is 2.45. The predicted octanol–water partition coefficient (Wildman–Crippen LogP) is 2.00. The van der Waals surface area contributed by atoms with Gasteiger partial charge in [-0.3, -0.25) is 9.88 Å². The zero-order valence-corrected chi connectivity index (χ0v) is 11.7. The van der Waals surface area contributed by atoms with Gasteiger partial charge in [0.25, 0.3) is 0 Å². The van der Waals surface area contributed by atoms with Gasteiger partial charge in [0.2, 0.25) is 0 Å². The van der Waals surface area contributed by atoms with E-state index in [0.29, 0.717) is 0 Å². The molecular formula is C14H22ClN3. The minimum atomic E-state index is 0. The minimum Gasteiger partial charge on any atom is -0.314 e. The van der Waals surface area contributed by atoms with E-state index in [4.69, 9.17) is 0 Å². The SMILES string of the molecule is Cc1ccc(CN2CCC3NCCC3C2)nc1.Cl. The largest absolute Gasteiger partial charge is 0.314 e. The number of likely N-dealkylation sites (tertiary alicyclic amines) is 1. The lowest BCUT2D eigenvalue weighted by molar-refractivity contribution is 0.154. The Kier molecular flexibility index (Phi) is 4.60. The topological polar surface area (TPSA) is 28.2 Å². The number of fused-ring (bicyclic) bond motifs is 1. The highest BCUT2D eigenvalue weighted by Gasteiger charge is 2.32. The Balaban J connectivity index is 0.00000120. The Morgan fingerprint density at radius 2 is 2.28 bits per heavy atom. The van der Waals surface area contributed by atoms with Crippen LogP contribution in [0.2, 0.25) is 0 Å². The lowest BCUT2D eigenvalue weighted by Crippen LogP contribution is -2.44. The van der Waals surface area contributed by atoms with Crippen LogP contribution in [0, 0.1) is 12.8 Å². The summed E-state index contributed by atoms with van der Waals surface area (Å²) in [5, 5.41) is 3.61. The summed E-state index contributed by atoms with van der Waals surface area (Å²) < 4.78 is 0. The van der Waals surface area contributed by atoms with E-state index in [2.05, 4.69) is 34.3 Å². The average molecular weight is 268 g/mol. The van der Waals surface area contributed by atoms with Crippen molar-refractivity contribution in [2.45, 2.75) is 32.4 Å². The smallest absolute Gasteiger partial charge is 0.0544 e. The van der Waals surface area contributed by atoms with Gasteiger partial charge < -0.3 is 5.32 Å². The van der Waals surface area contributed by atoms with Crippen LogP contribution in [0.3, 0.4) is 0 Å². The molecule has 1 aromatic heterocycles. The van der Waals surface area contributed by atoms with Crippen LogP contribution in [0.25, 0.3) is 0 Å². The molecule has 100 valence electrons. The van der Waals surface area contributed by atoms with E-state index in [-0.39, 0.29) is 12.4 Å². The molecule has 18 heavy (non-hydrogen) atoms.